The van der Waals surface area contributed by atoms with E-state index in [1.807, 2.05) is 0 Å². The zero-order valence-corrected chi connectivity index (χ0v) is 11.4. The maximum absolute atomic E-state index is 11.7. The highest BCUT2D eigenvalue weighted by atomic mass is 79.9. The molecule has 5 heteroatoms. The number of ether oxygens (including phenoxy) is 1. The lowest BCUT2D eigenvalue weighted by Gasteiger charge is -2.06. The van der Waals surface area contributed by atoms with Crippen molar-refractivity contribution in [1.82, 2.24) is 4.98 Å². The summed E-state index contributed by atoms with van der Waals surface area (Å²) in [6.07, 6.45) is 3.24. The van der Waals surface area contributed by atoms with Crippen molar-refractivity contribution in [1.29, 1.82) is 0 Å². The van der Waals surface area contributed by atoms with Gasteiger partial charge in [-0.15, -0.1) is 0 Å². The molecule has 17 heavy (non-hydrogen) atoms. The normalized spacial score (nSPS) is 10.5. The Balaban J connectivity index is 2.62. The number of carbonyl (C=O) groups is 1. The molecule has 2 rings (SSSR count). The van der Waals surface area contributed by atoms with E-state index in [1.165, 1.54) is 0 Å². The van der Waals surface area contributed by atoms with Gasteiger partial charge in [0.15, 0.2) is 0 Å². The van der Waals surface area contributed by atoms with E-state index in [2.05, 4.69) is 20.9 Å². The van der Waals surface area contributed by atoms with Crippen molar-refractivity contribution >= 4 is 44.3 Å². The number of nitrogens with zero attached hydrogens (tertiary/aromatic N) is 1. The van der Waals surface area contributed by atoms with Gasteiger partial charge in [-0.25, -0.2) is 4.79 Å². The molecule has 0 saturated carbocycles. The molecule has 0 N–H and O–H groups in total. The van der Waals surface area contributed by atoms with Gasteiger partial charge in [0.2, 0.25) is 0 Å². The number of esters is 1. The summed E-state index contributed by atoms with van der Waals surface area (Å²) in [6.45, 7) is 2.11. The average Bonchev–Trinajstić information content (AvgIpc) is 2.30. The Morgan fingerprint density at radius 3 is 2.88 bits per heavy atom. The minimum atomic E-state index is -0.358. The molecule has 88 valence electrons. The minimum absolute atomic E-state index is 0.346. The zero-order valence-electron chi connectivity index (χ0n) is 9.04. The Hall–Kier alpha value is -1.13. The molecule has 0 atom stereocenters. The molecule has 0 amide bonds. The molecule has 0 bridgehead atoms. The van der Waals surface area contributed by atoms with Crippen LogP contribution in [-0.4, -0.2) is 17.6 Å². The van der Waals surface area contributed by atoms with E-state index in [-0.39, 0.29) is 5.97 Å². The quantitative estimate of drug-likeness (QED) is 0.791. The monoisotopic (exact) mass is 313 g/mol. The zero-order chi connectivity index (χ0) is 12.4. The highest BCUT2D eigenvalue weighted by molar-refractivity contribution is 9.10. The second-order valence-corrected chi connectivity index (χ2v) is 4.66. The van der Waals surface area contributed by atoms with Gasteiger partial charge < -0.3 is 4.74 Å². The van der Waals surface area contributed by atoms with E-state index in [4.69, 9.17) is 16.3 Å². The fourth-order valence-electron chi connectivity index (χ4n) is 1.53. The van der Waals surface area contributed by atoms with Gasteiger partial charge >= 0.3 is 5.97 Å². The lowest BCUT2D eigenvalue weighted by molar-refractivity contribution is 0.0526. The Labute approximate surface area is 112 Å². The predicted octanol–water partition coefficient (Wildman–Crippen LogP) is 3.83. The lowest BCUT2D eigenvalue weighted by Crippen LogP contribution is -2.04. The molecule has 0 aliphatic heterocycles. The van der Waals surface area contributed by atoms with E-state index in [1.54, 1.807) is 31.5 Å². The first-order valence-corrected chi connectivity index (χ1v) is 6.20. The third kappa shape index (κ3) is 2.42. The highest BCUT2D eigenvalue weighted by Gasteiger charge is 2.11. The molecule has 3 nitrogen and oxygen atoms in total. The van der Waals surface area contributed by atoms with Gasteiger partial charge in [-0.05, 0) is 19.1 Å². The number of benzene rings is 1. The van der Waals surface area contributed by atoms with Crippen molar-refractivity contribution in [3.05, 3.63) is 39.6 Å². The van der Waals surface area contributed by atoms with Crippen molar-refractivity contribution in [2.24, 2.45) is 0 Å². The van der Waals surface area contributed by atoms with Crippen molar-refractivity contribution in [2.75, 3.05) is 6.61 Å². The Morgan fingerprint density at radius 2 is 2.18 bits per heavy atom. The smallest absolute Gasteiger partial charge is 0.338 e. The summed E-state index contributed by atoms with van der Waals surface area (Å²) >= 11 is 9.44. The van der Waals surface area contributed by atoms with Crippen molar-refractivity contribution < 1.29 is 9.53 Å². The van der Waals surface area contributed by atoms with Crippen LogP contribution in [-0.2, 0) is 4.74 Å². The van der Waals surface area contributed by atoms with Crippen LogP contribution in [0.4, 0.5) is 0 Å². The third-order valence-electron chi connectivity index (χ3n) is 2.29. The first-order chi connectivity index (χ1) is 8.13. The molecule has 1 aromatic carbocycles. The summed E-state index contributed by atoms with van der Waals surface area (Å²) in [6, 6.07) is 3.42. The predicted molar refractivity (Wildman–Crippen MR) is 70.4 cm³/mol. The molecule has 0 saturated heterocycles. The number of hydrogen-bond acceptors (Lipinski definition) is 3. The van der Waals surface area contributed by atoms with Crippen LogP contribution in [0.5, 0.6) is 0 Å². The maximum atomic E-state index is 11.7. The van der Waals surface area contributed by atoms with Crippen LogP contribution in [0.15, 0.2) is 29.0 Å². The Bertz CT molecular complexity index is 586. The number of rotatable bonds is 2. The number of aromatic nitrogens is 1. The van der Waals surface area contributed by atoms with Gasteiger partial charge in [0.25, 0.3) is 0 Å². The molecular formula is C12H9BrClNO2. The standard InChI is InChI=1S/C12H9BrClNO2/c1-2-17-12(16)7-3-8-9(10(13)4-7)5-15-6-11(8)14/h3-6H,2H2,1H3. The number of fused-ring (bicyclic) bond motifs is 1. The second-order valence-electron chi connectivity index (χ2n) is 3.39. The second kappa shape index (κ2) is 5.02. The van der Waals surface area contributed by atoms with E-state index in [0.717, 1.165) is 15.2 Å². The molecule has 1 aromatic heterocycles. The van der Waals surface area contributed by atoms with Gasteiger partial charge in [-0.1, -0.05) is 27.5 Å². The molecule has 0 fully saturated rings. The van der Waals surface area contributed by atoms with Gasteiger partial charge in [0.05, 0.1) is 17.2 Å². The number of hydrogen-bond donors (Lipinski definition) is 0. The van der Waals surface area contributed by atoms with Crippen LogP contribution in [0.1, 0.15) is 17.3 Å². The number of carbonyl (C=O) groups excluding carboxylic acids is 1. The van der Waals surface area contributed by atoms with Crippen LogP contribution < -0.4 is 0 Å². The molecule has 1 heterocycles. The number of pyridine rings is 1. The summed E-state index contributed by atoms with van der Waals surface area (Å²) < 4.78 is 5.72. The molecule has 2 aromatic rings. The molecular weight excluding hydrogens is 305 g/mol. The molecule has 0 unspecified atom stereocenters. The largest absolute Gasteiger partial charge is 0.462 e. The first kappa shape index (κ1) is 12.3. The van der Waals surface area contributed by atoms with E-state index >= 15 is 0 Å². The summed E-state index contributed by atoms with van der Waals surface area (Å²) in [7, 11) is 0. The topological polar surface area (TPSA) is 39.2 Å². The van der Waals surface area contributed by atoms with Gasteiger partial charge in [0.1, 0.15) is 0 Å². The molecule has 0 aliphatic rings. The van der Waals surface area contributed by atoms with Crippen LogP contribution in [0, 0.1) is 0 Å². The molecule has 0 spiro atoms. The maximum Gasteiger partial charge on any atom is 0.338 e. The molecule has 0 aliphatic carbocycles. The van der Waals surface area contributed by atoms with E-state index in [0.29, 0.717) is 17.2 Å². The third-order valence-corrected chi connectivity index (χ3v) is 3.25. The average molecular weight is 315 g/mol. The van der Waals surface area contributed by atoms with Gasteiger partial charge in [0, 0.05) is 27.6 Å². The van der Waals surface area contributed by atoms with Crippen LogP contribution in [0.25, 0.3) is 10.8 Å². The van der Waals surface area contributed by atoms with Crippen LogP contribution in [0.3, 0.4) is 0 Å². The minimum Gasteiger partial charge on any atom is -0.462 e. The summed E-state index contributed by atoms with van der Waals surface area (Å²) in [4.78, 5) is 15.7. The fourth-order valence-corrected chi connectivity index (χ4v) is 2.30. The fraction of sp³-hybridized carbons (Fsp3) is 0.167. The number of halogens is 2. The van der Waals surface area contributed by atoms with Crippen LogP contribution in [0.2, 0.25) is 5.02 Å². The summed E-state index contributed by atoms with van der Waals surface area (Å²) in [5, 5.41) is 2.15. The molecule has 0 radical (unpaired) electrons. The van der Waals surface area contributed by atoms with E-state index in [9.17, 15) is 4.79 Å². The van der Waals surface area contributed by atoms with E-state index < -0.39 is 0 Å². The Kier molecular flexibility index (Phi) is 3.64. The van der Waals surface area contributed by atoms with Gasteiger partial charge in [-0.3, -0.25) is 4.98 Å². The SMILES string of the molecule is CCOC(=O)c1cc(Br)c2cncc(Cl)c2c1. The van der Waals surface area contributed by atoms with Gasteiger partial charge in [-0.2, -0.15) is 0 Å². The van der Waals surface area contributed by atoms with Crippen molar-refractivity contribution in [2.45, 2.75) is 6.92 Å². The summed E-state index contributed by atoms with van der Waals surface area (Å²) in [5.74, 6) is -0.358. The van der Waals surface area contributed by atoms with Crippen molar-refractivity contribution in [3.8, 4) is 0 Å². The lowest BCUT2D eigenvalue weighted by atomic mass is 10.1. The highest BCUT2D eigenvalue weighted by Crippen LogP contribution is 2.30. The van der Waals surface area contributed by atoms with Crippen molar-refractivity contribution in [3.63, 3.8) is 0 Å². The summed E-state index contributed by atoms with van der Waals surface area (Å²) in [5.41, 5.74) is 0.472. The first-order valence-electron chi connectivity index (χ1n) is 5.03. The van der Waals surface area contributed by atoms with Crippen LogP contribution >= 0.6 is 27.5 Å². The Morgan fingerprint density at radius 1 is 1.41 bits per heavy atom.